The third-order valence-electron chi connectivity index (χ3n) is 14.8. The molecule has 4 unspecified atom stereocenters. The number of amides is 3. The van der Waals surface area contributed by atoms with Gasteiger partial charge in [-0.1, -0.05) is 64.4 Å². The van der Waals surface area contributed by atoms with E-state index in [-0.39, 0.29) is 88.9 Å². The number of ether oxygens (including phenoxy) is 1. The van der Waals surface area contributed by atoms with Gasteiger partial charge in [0.2, 0.25) is 17.7 Å². The number of nitriles is 1. The summed E-state index contributed by atoms with van der Waals surface area (Å²) < 4.78 is 67.6. The van der Waals surface area contributed by atoms with Crippen molar-refractivity contribution >= 4 is 50.2 Å². The summed E-state index contributed by atoms with van der Waals surface area (Å²) in [5.74, 6) is -2.27. The van der Waals surface area contributed by atoms with Gasteiger partial charge in [-0.05, 0) is 105 Å². The molecule has 0 bridgehead atoms. The molecule has 4 atom stereocenters. The standard InChI is InChI=1S/C51H63F2N9O7S/c1-3-59(2)70(67,68)58-44-19-17-41(52)49(39(44)28-54)69-36-15-18-43-38(27-36)51(66)62(32-55-43)46-13-11-9-7-5-4-6-8-10-12-34-29-61(30-40(34)46)48(64)31-60-24-22-33(23-25-60)37-16-14-35(26-42(37)53)56-45-20-21-47(63)57-50(45)65/h14-19,26-27,32-34,40,45-46,56,58H,3-13,20-25,29-31H2,1-2H3,(H,57,63,65). The van der Waals surface area contributed by atoms with Crippen molar-refractivity contribution in [3.05, 3.63) is 88.0 Å². The summed E-state index contributed by atoms with van der Waals surface area (Å²) >= 11 is 0. The van der Waals surface area contributed by atoms with Crippen molar-refractivity contribution in [2.45, 2.75) is 115 Å². The molecule has 4 aromatic rings. The highest BCUT2D eigenvalue weighted by atomic mass is 32.2. The van der Waals surface area contributed by atoms with Crippen LogP contribution >= 0.6 is 0 Å². The Balaban J connectivity index is 0.976. The van der Waals surface area contributed by atoms with Gasteiger partial charge in [-0.15, -0.1) is 0 Å². The molecule has 0 radical (unpaired) electrons. The smallest absolute Gasteiger partial charge is 0.301 e. The summed E-state index contributed by atoms with van der Waals surface area (Å²) in [6, 6.07) is 12.7. The topological polar surface area (TPSA) is 199 Å². The Morgan fingerprint density at radius 1 is 0.914 bits per heavy atom. The van der Waals surface area contributed by atoms with E-state index in [9.17, 15) is 32.9 Å². The molecule has 374 valence electrons. The van der Waals surface area contributed by atoms with E-state index in [4.69, 9.17) is 9.72 Å². The van der Waals surface area contributed by atoms with Gasteiger partial charge < -0.3 is 15.0 Å². The molecule has 4 heterocycles. The number of piperidine rings is 2. The molecular formula is C51H63F2N9O7S. The van der Waals surface area contributed by atoms with Gasteiger partial charge in [-0.25, -0.2) is 13.8 Å². The summed E-state index contributed by atoms with van der Waals surface area (Å²) in [5, 5.41) is 15.7. The van der Waals surface area contributed by atoms with Crippen molar-refractivity contribution in [2.24, 2.45) is 11.8 Å². The third-order valence-corrected chi connectivity index (χ3v) is 16.3. The lowest BCUT2D eigenvalue weighted by Crippen LogP contribution is -2.47. The van der Waals surface area contributed by atoms with Crippen molar-refractivity contribution in [3.63, 3.8) is 0 Å². The van der Waals surface area contributed by atoms with Gasteiger partial charge in [0.1, 0.15) is 29.2 Å². The highest BCUT2D eigenvalue weighted by Crippen LogP contribution is 2.40. The summed E-state index contributed by atoms with van der Waals surface area (Å²) in [7, 11) is -2.68. The number of nitrogens with zero attached hydrogens (tertiary/aromatic N) is 6. The first kappa shape index (κ1) is 50.4. The van der Waals surface area contributed by atoms with Crippen molar-refractivity contribution in [3.8, 4) is 17.6 Å². The Bertz CT molecular complexity index is 2800. The molecule has 16 nitrogen and oxygen atoms in total. The predicted octanol–water partition coefficient (Wildman–Crippen LogP) is 7.57. The molecular weight excluding hydrogens is 921 g/mol. The molecule has 4 aliphatic rings. The molecule has 3 amide bonds. The van der Waals surface area contributed by atoms with Crippen LogP contribution in [0.25, 0.3) is 10.9 Å². The molecule has 19 heteroatoms. The second-order valence-electron chi connectivity index (χ2n) is 19.3. The van der Waals surface area contributed by atoms with Gasteiger partial charge in [0.15, 0.2) is 11.6 Å². The van der Waals surface area contributed by atoms with Crippen LogP contribution in [0.5, 0.6) is 11.5 Å². The van der Waals surface area contributed by atoms with Gasteiger partial charge in [-0.3, -0.25) is 38.7 Å². The highest BCUT2D eigenvalue weighted by Gasteiger charge is 2.41. The Morgan fingerprint density at radius 2 is 1.64 bits per heavy atom. The predicted molar refractivity (Wildman–Crippen MR) is 261 cm³/mol. The lowest BCUT2D eigenvalue weighted by molar-refractivity contribution is -0.134. The minimum absolute atomic E-state index is 0.0206. The number of anilines is 2. The fraction of sp³-hybridized carbons (Fsp3) is 0.529. The molecule has 3 N–H and O–H groups in total. The molecule has 1 aliphatic carbocycles. The average Bonchev–Trinajstić information content (AvgIpc) is 3.77. The van der Waals surface area contributed by atoms with Gasteiger partial charge in [0, 0.05) is 50.7 Å². The Kier molecular flexibility index (Phi) is 16.1. The molecule has 1 saturated carbocycles. The number of nitrogens with one attached hydrogen (secondary N) is 3. The van der Waals surface area contributed by atoms with Crippen LogP contribution < -0.4 is 25.7 Å². The molecule has 4 fully saturated rings. The van der Waals surface area contributed by atoms with E-state index in [1.807, 2.05) is 11.0 Å². The van der Waals surface area contributed by atoms with E-state index < -0.39 is 33.7 Å². The number of rotatable bonds is 12. The van der Waals surface area contributed by atoms with Crippen LogP contribution in [0, 0.1) is 34.8 Å². The fourth-order valence-corrected chi connectivity index (χ4v) is 11.6. The molecule has 3 aliphatic heterocycles. The van der Waals surface area contributed by atoms with Crippen LogP contribution in [-0.4, -0.2) is 102 Å². The lowest BCUT2D eigenvalue weighted by atomic mass is 9.83. The summed E-state index contributed by atoms with van der Waals surface area (Å²) in [6.07, 6.45) is 13.8. The van der Waals surface area contributed by atoms with Crippen LogP contribution in [0.1, 0.15) is 120 Å². The number of benzene rings is 3. The summed E-state index contributed by atoms with van der Waals surface area (Å²) in [4.78, 5) is 61.6. The van der Waals surface area contributed by atoms with E-state index in [2.05, 4.69) is 20.3 Å². The largest absolute Gasteiger partial charge is 0.453 e. The Morgan fingerprint density at radius 3 is 2.34 bits per heavy atom. The maximum absolute atomic E-state index is 15.5. The lowest BCUT2D eigenvalue weighted by Gasteiger charge is -2.33. The summed E-state index contributed by atoms with van der Waals surface area (Å²) in [5.41, 5.74) is 0.646. The van der Waals surface area contributed by atoms with Crippen molar-refractivity contribution in [1.82, 2.24) is 29.0 Å². The van der Waals surface area contributed by atoms with Crippen molar-refractivity contribution in [2.75, 3.05) is 56.4 Å². The average molecular weight is 984 g/mol. The number of fused-ring (bicyclic) bond motifs is 2. The van der Waals surface area contributed by atoms with Crippen LogP contribution in [0.3, 0.4) is 0 Å². The first-order valence-electron chi connectivity index (χ1n) is 24.8. The van der Waals surface area contributed by atoms with Crippen molar-refractivity contribution in [1.29, 1.82) is 5.26 Å². The van der Waals surface area contributed by atoms with Gasteiger partial charge in [-0.2, -0.15) is 18.0 Å². The quantitative estimate of drug-likeness (QED) is 0.118. The van der Waals surface area contributed by atoms with Crippen LogP contribution in [0.2, 0.25) is 0 Å². The second kappa shape index (κ2) is 22.4. The third kappa shape index (κ3) is 11.6. The van der Waals surface area contributed by atoms with E-state index >= 15 is 8.78 Å². The summed E-state index contributed by atoms with van der Waals surface area (Å²) in [6.45, 7) is 4.39. The zero-order valence-corrected chi connectivity index (χ0v) is 40.7. The van der Waals surface area contributed by atoms with Crippen LogP contribution in [-0.2, 0) is 24.6 Å². The van der Waals surface area contributed by atoms with E-state index in [0.29, 0.717) is 62.2 Å². The van der Waals surface area contributed by atoms with E-state index in [1.54, 1.807) is 36.0 Å². The van der Waals surface area contributed by atoms with E-state index in [1.165, 1.54) is 44.5 Å². The van der Waals surface area contributed by atoms with Crippen LogP contribution in [0.4, 0.5) is 20.2 Å². The molecule has 3 aromatic carbocycles. The van der Waals surface area contributed by atoms with Gasteiger partial charge in [0.25, 0.3) is 5.56 Å². The van der Waals surface area contributed by atoms with Crippen LogP contribution in [0.15, 0.2) is 59.7 Å². The van der Waals surface area contributed by atoms with Gasteiger partial charge in [0.05, 0.1) is 29.5 Å². The second-order valence-corrected chi connectivity index (χ2v) is 21.1. The fourth-order valence-electron chi connectivity index (χ4n) is 10.7. The highest BCUT2D eigenvalue weighted by molar-refractivity contribution is 7.90. The van der Waals surface area contributed by atoms with E-state index in [0.717, 1.165) is 61.4 Å². The number of imide groups is 1. The number of aromatic nitrogens is 2. The molecule has 70 heavy (non-hydrogen) atoms. The Hall–Kier alpha value is -5.97. The number of carbonyl (C=O) groups excluding carboxylic acids is 3. The molecule has 8 rings (SSSR count). The number of likely N-dealkylation sites (tertiary alicyclic amines) is 2. The molecule has 0 spiro atoms. The van der Waals surface area contributed by atoms with Crippen molar-refractivity contribution < 1.29 is 36.3 Å². The minimum Gasteiger partial charge on any atom is -0.453 e. The monoisotopic (exact) mass is 983 g/mol. The number of carbonyl (C=O) groups is 3. The minimum atomic E-state index is -4.05. The zero-order valence-electron chi connectivity index (χ0n) is 39.9. The number of halogens is 2. The maximum Gasteiger partial charge on any atom is 0.301 e. The maximum atomic E-state index is 15.5. The first-order valence-corrected chi connectivity index (χ1v) is 26.2. The number of hydrogen-bond donors (Lipinski definition) is 3. The van der Waals surface area contributed by atoms with Gasteiger partial charge >= 0.3 is 10.2 Å². The first-order chi connectivity index (χ1) is 33.7. The molecule has 3 saturated heterocycles. The zero-order chi connectivity index (χ0) is 49.5. The SMILES string of the molecule is CCN(C)S(=O)(=O)Nc1ccc(F)c(Oc2ccc3ncn(C4CCCCCCCCCCC5CN(C(=O)CN6CCC(c7ccc(NC8CCC(=O)NC8=O)cc7F)CC6)CC54)c(=O)c3c2)c1C#N. The Labute approximate surface area is 407 Å². The molecule has 1 aromatic heterocycles. The normalized spacial score (nSPS) is 22.3. The number of hydrogen-bond acceptors (Lipinski definition) is 11.